The predicted octanol–water partition coefficient (Wildman–Crippen LogP) is 2.17. The number of hydrogen-bond donors (Lipinski definition) is 0. The highest BCUT2D eigenvalue weighted by molar-refractivity contribution is 7.78. The minimum absolute atomic E-state index is 0.0268. The lowest BCUT2D eigenvalue weighted by molar-refractivity contribution is -0.121. The number of amides is 1. The maximum Gasteiger partial charge on any atom is 0.265 e. The van der Waals surface area contributed by atoms with Crippen LogP contribution >= 0.6 is 12.2 Å². The van der Waals surface area contributed by atoms with E-state index in [0.717, 1.165) is 5.69 Å². The Morgan fingerprint density at radius 1 is 1.62 bits per heavy atom. The van der Waals surface area contributed by atoms with Gasteiger partial charge in [-0.2, -0.15) is 4.99 Å². The summed E-state index contributed by atoms with van der Waals surface area (Å²) < 4.78 is 5.34. The molecular weight excluding hydrogens is 224 g/mol. The average molecular weight is 234 g/mol. The van der Waals surface area contributed by atoms with E-state index in [-0.39, 0.29) is 12.5 Å². The number of carbonyl (C=O) groups is 1. The number of ether oxygens (including phenoxy) is 1. The van der Waals surface area contributed by atoms with Crippen molar-refractivity contribution in [1.29, 1.82) is 0 Å². The topological polar surface area (TPSA) is 41.9 Å². The van der Waals surface area contributed by atoms with E-state index < -0.39 is 0 Å². The first-order valence-electron chi connectivity index (χ1n) is 4.91. The Labute approximate surface area is 98.5 Å². The van der Waals surface area contributed by atoms with Crippen molar-refractivity contribution in [3.05, 3.63) is 18.2 Å². The number of fused-ring (bicyclic) bond motifs is 1. The number of aliphatic imine (C=N–C) groups is 1. The summed E-state index contributed by atoms with van der Waals surface area (Å²) >= 11 is 4.53. The number of hydrogen-bond acceptors (Lipinski definition) is 4. The summed E-state index contributed by atoms with van der Waals surface area (Å²) in [4.78, 5) is 17.1. The summed E-state index contributed by atoms with van der Waals surface area (Å²) in [6, 6.07) is 5.34. The molecule has 0 atom stereocenters. The van der Waals surface area contributed by atoms with Crippen LogP contribution in [0.3, 0.4) is 0 Å². The summed E-state index contributed by atoms with van der Waals surface area (Å²) in [5.74, 6) is 0.633. The van der Waals surface area contributed by atoms with Gasteiger partial charge in [0.1, 0.15) is 5.75 Å². The van der Waals surface area contributed by atoms with E-state index in [1.54, 1.807) is 23.1 Å². The number of benzene rings is 1. The number of thiocarbonyl (C=S) groups is 1. The van der Waals surface area contributed by atoms with Gasteiger partial charge in [-0.15, -0.1) is 0 Å². The minimum Gasteiger partial charge on any atom is -0.481 e. The molecule has 0 fully saturated rings. The Kier molecular flexibility index (Phi) is 2.99. The van der Waals surface area contributed by atoms with Crippen molar-refractivity contribution < 1.29 is 9.53 Å². The predicted molar refractivity (Wildman–Crippen MR) is 64.7 cm³/mol. The molecule has 1 aliphatic rings. The molecule has 82 valence electrons. The quantitative estimate of drug-likeness (QED) is 0.581. The Hall–Kier alpha value is -1.71. The SMILES string of the molecule is CCN1C(=O)COc2cc(N=C=S)ccc21. The first kappa shape index (κ1) is 10.8. The Balaban J connectivity index is 2.45. The van der Waals surface area contributed by atoms with Gasteiger partial charge in [-0.3, -0.25) is 4.79 Å². The van der Waals surface area contributed by atoms with Crippen LogP contribution in [0.5, 0.6) is 5.75 Å². The van der Waals surface area contributed by atoms with Crippen LogP contribution in [0.2, 0.25) is 0 Å². The molecule has 4 nitrogen and oxygen atoms in total. The summed E-state index contributed by atoms with van der Waals surface area (Å²) in [6.07, 6.45) is 0. The van der Waals surface area contributed by atoms with Crippen LogP contribution in [-0.2, 0) is 4.79 Å². The van der Waals surface area contributed by atoms with Crippen molar-refractivity contribution in [2.45, 2.75) is 6.92 Å². The largest absolute Gasteiger partial charge is 0.481 e. The number of isothiocyanates is 1. The number of likely N-dealkylation sites (N-methyl/N-ethyl adjacent to an activating group) is 1. The fourth-order valence-corrected chi connectivity index (χ4v) is 1.77. The van der Waals surface area contributed by atoms with Crippen molar-refractivity contribution in [3.8, 4) is 5.75 Å². The third kappa shape index (κ3) is 1.83. The molecule has 0 saturated carbocycles. The van der Waals surface area contributed by atoms with E-state index in [9.17, 15) is 4.79 Å². The van der Waals surface area contributed by atoms with Gasteiger partial charge >= 0.3 is 0 Å². The van der Waals surface area contributed by atoms with E-state index in [0.29, 0.717) is 18.0 Å². The van der Waals surface area contributed by atoms with Crippen LogP contribution < -0.4 is 9.64 Å². The van der Waals surface area contributed by atoms with Gasteiger partial charge in [-0.05, 0) is 31.3 Å². The summed E-state index contributed by atoms with van der Waals surface area (Å²) in [5, 5.41) is 2.30. The van der Waals surface area contributed by atoms with Crippen LogP contribution in [0, 0.1) is 0 Å². The van der Waals surface area contributed by atoms with Crippen LogP contribution in [0.25, 0.3) is 0 Å². The van der Waals surface area contributed by atoms with E-state index in [2.05, 4.69) is 22.4 Å². The fourth-order valence-electron chi connectivity index (χ4n) is 1.66. The van der Waals surface area contributed by atoms with E-state index >= 15 is 0 Å². The summed E-state index contributed by atoms with van der Waals surface area (Å²) in [6.45, 7) is 2.63. The van der Waals surface area contributed by atoms with Crippen LogP contribution in [-0.4, -0.2) is 24.2 Å². The minimum atomic E-state index is -0.0268. The molecule has 1 aliphatic heterocycles. The van der Waals surface area contributed by atoms with Crippen molar-refractivity contribution in [1.82, 2.24) is 0 Å². The smallest absolute Gasteiger partial charge is 0.265 e. The van der Waals surface area contributed by atoms with Gasteiger partial charge < -0.3 is 9.64 Å². The second kappa shape index (κ2) is 4.43. The Bertz CT molecular complexity index is 481. The molecule has 1 amide bonds. The Morgan fingerprint density at radius 2 is 2.44 bits per heavy atom. The zero-order valence-electron chi connectivity index (χ0n) is 8.77. The zero-order chi connectivity index (χ0) is 11.5. The van der Waals surface area contributed by atoms with Gasteiger partial charge in [0.15, 0.2) is 6.61 Å². The van der Waals surface area contributed by atoms with Crippen molar-refractivity contribution in [3.63, 3.8) is 0 Å². The molecule has 5 heteroatoms. The standard InChI is InChI=1S/C11H10N2O2S/c1-2-13-9-4-3-8(12-7-16)5-10(9)15-6-11(13)14/h3-5H,2,6H2,1H3. The van der Waals surface area contributed by atoms with Gasteiger partial charge in [0.05, 0.1) is 16.5 Å². The maximum atomic E-state index is 11.5. The van der Waals surface area contributed by atoms with E-state index in [4.69, 9.17) is 4.74 Å². The first-order chi connectivity index (χ1) is 7.76. The van der Waals surface area contributed by atoms with Crippen LogP contribution in [0.4, 0.5) is 11.4 Å². The fraction of sp³-hybridized carbons (Fsp3) is 0.273. The molecule has 16 heavy (non-hydrogen) atoms. The van der Waals surface area contributed by atoms with Gasteiger partial charge in [-0.1, -0.05) is 0 Å². The molecular formula is C11H10N2O2S. The van der Waals surface area contributed by atoms with Gasteiger partial charge in [0, 0.05) is 12.6 Å². The normalized spacial score (nSPS) is 13.8. The molecule has 1 aromatic carbocycles. The average Bonchev–Trinajstić information content (AvgIpc) is 2.30. The lowest BCUT2D eigenvalue weighted by Gasteiger charge is -2.28. The summed E-state index contributed by atoms with van der Waals surface area (Å²) in [7, 11) is 0. The first-order valence-corrected chi connectivity index (χ1v) is 5.32. The van der Waals surface area contributed by atoms with Crippen molar-refractivity contribution in [2.24, 2.45) is 4.99 Å². The highest BCUT2D eigenvalue weighted by Crippen LogP contribution is 2.34. The molecule has 0 spiro atoms. The number of rotatable bonds is 2. The molecule has 1 heterocycles. The van der Waals surface area contributed by atoms with Crippen molar-refractivity contribution >= 4 is 34.7 Å². The highest BCUT2D eigenvalue weighted by atomic mass is 32.1. The molecule has 0 N–H and O–H groups in total. The Morgan fingerprint density at radius 3 is 3.12 bits per heavy atom. The van der Waals surface area contributed by atoms with Crippen LogP contribution in [0.15, 0.2) is 23.2 Å². The molecule has 0 aromatic heterocycles. The molecule has 0 bridgehead atoms. The van der Waals surface area contributed by atoms with Crippen molar-refractivity contribution in [2.75, 3.05) is 18.1 Å². The molecule has 2 rings (SSSR count). The molecule has 0 radical (unpaired) electrons. The van der Waals surface area contributed by atoms with Gasteiger partial charge in [0.25, 0.3) is 5.91 Å². The second-order valence-electron chi connectivity index (χ2n) is 3.28. The van der Waals surface area contributed by atoms with Gasteiger partial charge in [0.2, 0.25) is 0 Å². The van der Waals surface area contributed by atoms with E-state index in [1.807, 2.05) is 6.92 Å². The van der Waals surface area contributed by atoms with Crippen LogP contribution in [0.1, 0.15) is 6.92 Å². The maximum absolute atomic E-state index is 11.5. The number of carbonyl (C=O) groups excluding carboxylic acids is 1. The molecule has 0 saturated heterocycles. The third-order valence-corrected chi connectivity index (χ3v) is 2.47. The lowest BCUT2D eigenvalue weighted by Crippen LogP contribution is -2.38. The second-order valence-corrected chi connectivity index (χ2v) is 3.46. The molecule has 1 aromatic rings. The highest BCUT2D eigenvalue weighted by Gasteiger charge is 2.23. The monoisotopic (exact) mass is 234 g/mol. The molecule has 0 unspecified atom stereocenters. The lowest BCUT2D eigenvalue weighted by atomic mass is 10.2. The molecule has 0 aliphatic carbocycles. The van der Waals surface area contributed by atoms with E-state index in [1.165, 1.54) is 0 Å². The zero-order valence-corrected chi connectivity index (χ0v) is 9.58. The third-order valence-electron chi connectivity index (χ3n) is 2.38. The van der Waals surface area contributed by atoms with Gasteiger partial charge in [-0.25, -0.2) is 0 Å². The summed E-state index contributed by atoms with van der Waals surface area (Å²) in [5.41, 5.74) is 1.46. The number of anilines is 1. The number of nitrogens with zero attached hydrogens (tertiary/aromatic N) is 2.